The predicted molar refractivity (Wildman–Crippen MR) is 110 cm³/mol. The van der Waals surface area contributed by atoms with Gasteiger partial charge in [0.1, 0.15) is 0 Å². The molecule has 1 aromatic carbocycles. The number of rotatable bonds is 7. The molecule has 0 bridgehead atoms. The molecule has 0 spiro atoms. The topological polar surface area (TPSA) is 75.3 Å². The van der Waals surface area contributed by atoms with Gasteiger partial charge < -0.3 is 5.32 Å². The van der Waals surface area contributed by atoms with Crippen molar-refractivity contribution in [1.82, 2.24) is 10.6 Å². The minimum absolute atomic E-state index is 0.0125. The van der Waals surface area contributed by atoms with E-state index >= 15 is 0 Å². The molecule has 1 fully saturated rings. The summed E-state index contributed by atoms with van der Waals surface area (Å²) in [6, 6.07) is 12.4. The van der Waals surface area contributed by atoms with E-state index in [2.05, 4.69) is 47.9 Å². The van der Waals surface area contributed by atoms with Crippen LogP contribution in [0.1, 0.15) is 42.3 Å². The summed E-state index contributed by atoms with van der Waals surface area (Å²) in [6.07, 6.45) is 1.45. The molecule has 1 aliphatic rings. The molecule has 2 heterocycles. The van der Waals surface area contributed by atoms with Gasteiger partial charge in [0.2, 0.25) is 5.91 Å². The standard InChI is InChI=1S/C20H26N2O3S2/c1-3-15-6-8-16(9-7-15)19(17-5-4-11-26-17)21-13-18(23)22-20(2)10-12-27(24,25)14-20/h4-9,11,19,21H,3,10,12-14H2,1-2H3,(H,22,23)/t19-,20+/m0/s1. The fourth-order valence-corrected chi connectivity index (χ4v) is 6.39. The van der Waals surface area contributed by atoms with Crippen LogP contribution in [0.3, 0.4) is 0 Å². The number of carbonyl (C=O) groups is 1. The number of sulfone groups is 1. The Morgan fingerprint density at radius 2 is 2.00 bits per heavy atom. The molecule has 146 valence electrons. The monoisotopic (exact) mass is 406 g/mol. The van der Waals surface area contributed by atoms with Gasteiger partial charge in [0.15, 0.2) is 9.84 Å². The number of thiophene rings is 1. The van der Waals surface area contributed by atoms with Crippen molar-refractivity contribution in [2.75, 3.05) is 18.1 Å². The van der Waals surface area contributed by atoms with Gasteiger partial charge in [0.25, 0.3) is 0 Å². The van der Waals surface area contributed by atoms with Gasteiger partial charge in [0.05, 0.1) is 29.6 Å². The second-order valence-electron chi connectivity index (χ2n) is 7.38. The van der Waals surface area contributed by atoms with Gasteiger partial charge in [-0.05, 0) is 42.3 Å². The maximum atomic E-state index is 12.5. The highest BCUT2D eigenvalue weighted by molar-refractivity contribution is 7.91. The molecule has 1 aromatic heterocycles. The second kappa shape index (κ2) is 8.12. The summed E-state index contributed by atoms with van der Waals surface area (Å²) in [5.74, 6) is -0.0291. The fourth-order valence-electron chi connectivity index (χ4n) is 3.47. The first-order chi connectivity index (χ1) is 12.8. The Hall–Kier alpha value is -1.70. The van der Waals surface area contributed by atoms with Gasteiger partial charge in [-0.1, -0.05) is 37.3 Å². The van der Waals surface area contributed by atoms with Crippen molar-refractivity contribution in [3.05, 3.63) is 57.8 Å². The minimum atomic E-state index is -3.05. The van der Waals surface area contributed by atoms with Crippen molar-refractivity contribution in [2.24, 2.45) is 0 Å². The molecule has 0 saturated carbocycles. The zero-order valence-corrected chi connectivity index (χ0v) is 17.3. The normalized spacial score (nSPS) is 22.4. The maximum Gasteiger partial charge on any atom is 0.234 e. The average Bonchev–Trinajstić information content (AvgIpc) is 3.23. The van der Waals surface area contributed by atoms with Crippen molar-refractivity contribution in [3.63, 3.8) is 0 Å². The lowest BCUT2D eigenvalue weighted by Gasteiger charge is -2.25. The van der Waals surface area contributed by atoms with Crippen LogP contribution in [0.4, 0.5) is 0 Å². The fraction of sp³-hybridized carbons (Fsp3) is 0.450. The Morgan fingerprint density at radius 3 is 2.56 bits per heavy atom. The lowest BCUT2D eigenvalue weighted by Crippen LogP contribution is -2.50. The smallest absolute Gasteiger partial charge is 0.234 e. The highest BCUT2D eigenvalue weighted by Crippen LogP contribution is 2.27. The van der Waals surface area contributed by atoms with Crippen LogP contribution in [-0.4, -0.2) is 37.9 Å². The summed E-state index contributed by atoms with van der Waals surface area (Å²) in [4.78, 5) is 13.6. The number of amides is 1. The first kappa shape index (κ1) is 20.0. The number of nitrogens with one attached hydrogen (secondary N) is 2. The van der Waals surface area contributed by atoms with E-state index in [1.54, 1.807) is 18.3 Å². The number of carbonyl (C=O) groups excluding carboxylic acids is 1. The zero-order chi connectivity index (χ0) is 19.5. The summed E-state index contributed by atoms with van der Waals surface area (Å²) in [6.45, 7) is 4.06. The summed E-state index contributed by atoms with van der Waals surface area (Å²) in [5, 5.41) is 8.26. The zero-order valence-electron chi connectivity index (χ0n) is 15.7. The van der Waals surface area contributed by atoms with Gasteiger partial charge in [-0.25, -0.2) is 8.42 Å². The van der Waals surface area contributed by atoms with Crippen LogP contribution in [0.5, 0.6) is 0 Å². The maximum absolute atomic E-state index is 12.5. The summed E-state index contributed by atoms with van der Waals surface area (Å²) < 4.78 is 23.4. The Morgan fingerprint density at radius 1 is 1.26 bits per heavy atom. The summed E-state index contributed by atoms with van der Waals surface area (Å²) >= 11 is 1.65. The number of hydrogen-bond acceptors (Lipinski definition) is 5. The summed E-state index contributed by atoms with van der Waals surface area (Å²) in [7, 11) is -3.05. The van der Waals surface area contributed by atoms with E-state index in [0.29, 0.717) is 6.42 Å². The predicted octanol–water partition coefficient (Wildman–Crippen LogP) is 2.68. The molecule has 1 amide bonds. The Kier molecular flexibility index (Phi) is 6.03. The van der Waals surface area contributed by atoms with Crippen LogP contribution >= 0.6 is 11.3 Å². The van der Waals surface area contributed by atoms with Gasteiger partial charge in [-0.15, -0.1) is 11.3 Å². The van der Waals surface area contributed by atoms with Gasteiger partial charge in [0, 0.05) is 4.88 Å². The molecule has 0 unspecified atom stereocenters. The third-order valence-corrected chi connectivity index (χ3v) is 7.80. The van der Waals surface area contributed by atoms with Crippen molar-refractivity contribution in [1.29, 1.82) is 0 Å². The van der Waals surface area contributed by atoms with E-state index in [1.165, 1.54) is 5.56 Å². The number of benzene rings is 1. The van der Waals surface area contributed by atoms with Crippen LogP contribution in [0.2, 0.25) is 0 Å². The van der Waals surface area contributed by atoms with Gasteiger partial charge >= 0.3 is 0 Å². The average molecular weight is 407 g/mol. The van der Waals surface area contributed by atoms with Crippen molar-refractivity contribution in [2.45, 2.75) is 38.3 Å². The molecule has 1 aliphatic heterocycles. The molecule has 5 nitrogen and oxygen atoms in total. The first-order valence-electron chi connectivity index (χ1n) is 9.17. The largest absolute Gasteiger partial charge is 0.349 e. The van der Waals surface area contributed by atoms with Gasteiger partial charge in [-0.3, -0.25) is 10.1 Å². The van der Waals surface area contributed by atoms with E-state index < -0.39 is 15.4 Å². The van der Waals surface area contributed by atoms with Gasteiger partial charge in [-0.2, -0.15) is 0 Å². The molecular formula is C20H26N2O3S2. The molecule has 0 radical (unpaired) electrons. The van der Waals surface area contributed by atoms with Crippen LogP contribution in [0.15, 0.2) is 41.8 Å². The molecule has 1 saturated heterocycles. The lowest BCUT2D eigenvalue weighted by atomic mass is 10.0. The Bertz CT molecular complexity index is 876. The number of aryl methyl sites for hydroxylation is 1. The first-order valence-corrected chi connectivity index (χ1v) is 11.9. The van der Waals surface area contributed by atoms with Crippen LogP contribution in [0.25, 0.3) is 0 Å². The molecule has 7 heteroatoms. The van der Waals surface area contributed by atoms with E-state index in [0.717, 1.165) is 16.9 Å². The molecular weight excluding hydrogens is 380 g/mol. The molecule has 0 aliphatic carbocycles. The molecule has 2 N–H and O–H groups in total. The van der Waals surface area contributed by atoms with Crippen LogP contribution in [-0.2, 0) is 21.1 Å². The molecule has 27 heavy (non-hydrogen) atoms. The van der Waals surface area contributed by atoms with E-state index in [-0.39, 0.29) is 30.0 Å². The third kappa shape index (κ3) is 5.18. The molecule has 2 aromatic rings. The highest BCUT2D eigenvalue weighted by Gasteiger charge is 2.39. The third-order valence-electron chi connectivity index (χ3n) is 4.96. The Balaban J connectivity index is 1.67. The van der Waals surface area contributed by atoms with Crippen molar-refractivity contribution in [3.8, 4) is 0 Å². The molecule has 2 atom stereocenters. The lowest BCUT2D eigenvalue weighted by molar-refractivity contribution is -0.121. The van der Waals surface area contributed by atoms with Crippen molar-refractivity contribution >= 4 is 27.1 Å². The van der Waals surface area contributed by atoms with Crippen LogP contribution < -0.4 is 10.6 Å². The highest BCUT2D eigenvalue weighted by atomic mass is 32.2. The van der Waals surface area contributed by atoms with E-state index in [4.69, 9.17) is 0 Å². The minimum Gasteiger partial charge on any atom is -0.349 e. The molecule has 3 rings (SSSR count). The SMILES string of the molecule is CCc1ccc([C@H](NCC(=O)N[C@]2(C)CCS(=O)(=O)C2)c2cccs2)cc1. The van der Waals surface area contributed by atoms with Crippen molar-refractivity contribution < 1.29 is 13.2 Å². The van der Waals surface area contributed by atoms with E-state index in [1.807, 2.05) is 11.4 Å². The second-order valence-corrected chi connectivity index (χ2v) is 10.5. The van der Waals surface area contributed by atoms with Crippen LogP contribution in [0, 0.1) is 0 Å². The quantitative estimate of drug-likeness (QED) is 0.741. The number of hydrogen-bond donors (Lipinski definition) is 2. The van der Waals surface area contributed by atoms with E-state index in [9.17, 15) is 13.2 Å². The summed E-state index contributed by atoms with van der Waals surface area (Å²) in [5.41, 5.74) is 1.72. The Labute approximate surface area is 165 Å².